The predicted molar refractivity (Wildman–Crippen MR) is 77.8 cm³/mol. The van der Waals surface area contributed by atoms with Crippen molar-refractivity contribution in [3.05, 3.63) is 0 Å². The Balaban J connectivity index is 2.13. The molecule has 1 atom stereocenters. The minimum absolute atomic E-state index is 0.0191. The highest BCUT2D eigenvalue weighted by Gasteiger charge is 2.23. The Bertz CT molecular complexity index is 380. The maximum Gasteiger partial charge on any atom is 0.315 e. The van der Waals surface area contributed by atoms with E-state index in [1.165, 1.54) is 0 Å². The second-order valence-electron chi connectivity index (χ2n) is 5.79. The number of hydrogen-bond donors (Lipinski definition) is 4. The summed E-state index contributed by atoms with van der Waals surface area (Å²) in [6.07, 6.45) is 2.98. The van der Waals surface area contributed by atoms with Crippen LogP contribution < -0.4 is 16.0 Å². The molecule has 0 spiro atoms. The molecule has 0 heterocycles. The first-order valence-corrected chi connectivity index (χ1v) is 7.44. The summed E-state index contributed by atoms with van der Waals surface area (Å²) in [5, 5.41) is 16.9. The van der Waals surface area contributed by atoms with Crippen LogP contribution in [0.25, 0.3) is 0 Å². The van der Waals surface area contributed by atoms with Gasteiger partial charge in [0.2, 0.25) is 5.91 Å². The van der Waals surface area contributed by atoms with E-state index in [1.54, 1.807) is 0 Å². The van der Waals surface area contributed by atoms with E-state index in [4.69, 9.17) is 5.11 Å². The molecule has 7 nitrogen and oxygen atoms in total. The van der Waals surface area contributed by atoms with Crippen molar-refractivity contribution in [2.75, 3.05) is 6.54 Å². The molecule has 0 bridgehead atoms. The molecular formula is C14H25N3O4. The molecule has 7 heteroatoms. The van der Waals surface area contributed by atoms with Gasteiger partial charge < -0.3 is 21.1 Å². The fraction of sp³-hybridized carbons (Fsp3) is 0.786. The van der Waals surface area contributed by atoms with E-state index in [0.29, 0.717) is 25.4 Å². The molecule has 0 aliphatic heterocycles. The molecule has 1 aliphatic rings. The molecule has 1 unspecified atom stereocenters. The van der Waals surface area contributed by atoms with Crippen molar-refractivity contribution in [1.82, 2.24) is 16.0 Å². The number of urea groups is 1. The van der Waals surface area contributed by atoms with Gasteiger partial charge in [0.05, 0.1) is 6.42 Å². The lowest BCUT2D eigenvalue weighted by Crippen LogP contribution is -2.45. The zero-order chi connectivity index (χ0) is 15.8. The molecule has 120 valence electrons. The molecule has 0 aromatic rings. The minimum Gasteiger partial charge on any atom is -0.481 e. The highest BCUT2D eigenvalue weighted by molar-refractivity contribution is 5.77. The van der Waals surface area contributed by atoms with Crippen LogP contribution in [-0.4, -0.2) is 41.6 Å². The Morgan fingerprint density at radius 2 is 1.90 bits per heavy atom. The third-order valence-electron chi connectivity index (χ3n) is 3.32. The Labute approximate surface area is 124 Å². The first kappa shape index (κ1) is 17.3. The molecule has 1 rings (SSSR count). The smallest absolute Gasteiger partial charge is 0.315 e. The topological polar surface area (TPSA) is 108 Å². The van der Waals surface area contributed by atoms with E-state index in [2.05, 4.69) is 16.0 Å². The second-order valence-corrected chi connectivity index (χ2v) is 5.79. The number of carbonyl (C=O) groups excluding carboxylic acids is 2. The van der Waals surface area contributed by atoms with E-state index >= 15 is 0 Å². The Morgan fingerprint density at radius 1 is 1.24 bits per heavy atom. The first-order valence-electron chi connectivity index (χ1n) is 7.44. The van der Waals surface area contributed by atoms with Crippen LogP contribution in [0.1, 0.15) is 46.0 Å². The molecule has 0 saturated heterocycles. The molecule has 3 amide bonds. The summed E-state index contributed by atoms with van der Waals surface area (Å²) in [6.45, 7) is 4.11. The van der Waals surface area contributed by atoms with Crippen molar-refractivity contribution in [2.24, 2.45) is 5.92 Å². The third-order valence-corrected chi connectivity index (χ3v) is 3.32. The summed E-state index contributed by atoms with van der Waals surface area (Å²) < 4.78 is 0. The maximum atomic E-state index is 11.7. The molecule has 1 aliphatic carbocycles. The number of nitrogens with one attached hydrogen (secondary N) is 3. The van der Waals surface area contributed by atoms with Crippen molar-refractivity contribution < 1.29 is 19.5 Å². The summed E-state index contributed by atoms with van der Waals surface area (Å²) in [7, 11) is 0. The maximum absolute atomic E-state index is 11.7. The van der Waals surface area contributed by atoms with Gasteiger partial charge >= 0.3 is 12.0 Å². The molecule has 0 aromatic carbocycles. The number of aliphatic carboxylic acids is 1. The van der Waals surface area contributed by atoms with Gasteiger partial charge in [-0.3, -0.25) is 9.59 Å². The van der Waals surface area contributed by atoms with E-state index in [0.717, 1.165) is 12.8 Å². The van der Waals surface area contributed by atoms with Gasteiger partial charge in [0.1, 0.15) is 0 Å². The van der Waals surface area contributed by atoms with E-state index < -0.39 is 18.0 Å². The zero-order valence-electron chi connectivity index (χ0n) is 12.6. The molecule has 4 N–H and O–H groups in total. The van der Waals surface area contributed by atoms with Crippen LogP contribution in [0, 0.1) is 5.92 Å². The summed E-state index contributed by atoms with van der Waals surface area (Å²) in [5.74, 6) is -0.882. The number of carbonyl (C=O) groups is 3. The number of carboxylic acid groups (broad SMARTS) is 1. The van der Waals surface area contributed by atoms with Crippen LogP contribution in [0.3, 0.4) is 0 Å². The second kappa shape index (κ2) is 8.49. The standard InChI is InChI=1S/C14H25N3O4/c1-9(2)11(8-13(19)20)17-14(21)15-7-3-4-12(18)16-10-5-6-10/h9-11H,3-8H2,1-2H3,(H,16,18)(H,19,20)(H2,15,17,21). The van der Waals surface area contributed by atoms with Crippen LogP contribution in [0.5, 0.6) is 0 Å². The monoisotopic (exact) mass is 299 g/mol. The molecular weight excluding hydrogens is 274 g/mol. The molecule has 21 heavy (non-hydrogen) atoms. The van der Waals surface area contributed by atoms with Gasteiger partial charge in [-0.15, -0.1) is 0 Å². The van der Waals surface area contributed by atoms with Crippen molar-refractivity contribution in [3.63, 3.8) is 0 Å². The highest BCUT2D eigenvalue weighted by Crippen LogP contribution is 2.18. The van der Waals surface area contributed by atoms with E-state index in [-0.39, 0.29) is 18.2 Å². The van der Waals surface area contributed by atoms with Crippen LogP contribution in [0.15, 0.2) is 0 Å². The minimum atomic E-state index is -0.939. The number of rotatable bonds is 9. The van der Waals surface area contributed by atoms with Crippen molar-refractivity contribution in [1.29, 1.82) is 0 Å². The molecule has 1 fully saturated rings. The fourth-order valence-electron chi connectivity index (χ4n) is 1.84. The Kier molecular flexibility index (Phi) is 6.98. The van der Waals surface area contributed by atoms with Gasteiger partial charge in [-0.25, -0.2) is 4.79 Å². The van der Waals surface area contributed by atoms with Crippen molar-refractivity contribution in [2.45, 2.75) is 58.0 Å². The van der Waals surface area contributed by atoms with Crippen LogP contribution in [-0.2, 0) is 9.59 Å². The molecule has 1 saturated carbocycles. The van der Waals surface area contributed by atoms with Crippen LogP contribution in [0.4, 0.5) is 4.79 Å². The quantitative estimate of drug-likeness (QED) is 0.473. The normalized spacial score (nSPS) is 15.4. The van der Waals surface area contributed by atoms with Gasteiger partial charge in [-0.2, -0.15) is 0 Å². The van der Waals surface area contributed by atoms with Gasteiger partial charge in [0.15, 0.2) is 0 Å². The SMILES string of the molecule is CC(C)C(CC(=O)O)NC(=O)NCCCC(=O)NC1CC1. The zero-order valence-corrected chi connectivity index (χ0v) is 12.6. The Morgan fingerprint density at radius 3 is 2.43 bits per heavy atom. The summed E-state index contributed by atoms with van der Waals surface area (Å²) >= 11 is 0. The highest BCUT2D eigenvalue weighted by atomic mass is 16.4. The first-order chi connectivity index (χ1) is 9.88. The van der Waals surface area contributed by atoms with Crippen LogP contribution >= 0.6 is 0 Å². The number of carboxylic acids is 1. The molecule has 0 aromatic heterocycles. The Hall–Kier alpha value is -1.79. The van der Waals surface area contributed by atoms with Gasteiger partial charge in [0.25, 0.3) is 0 Å². The number of amides is 3. The van der Waals surface area contributed by atoms with Crippen molar-refractivity contribution in [3.8, 4) is 0 Å². The summed E-state index contributed by atoms with van der Waals surface area (Å²) in [6, 6.07) is -0.435. The summed E-state index contributed by atoms with van der Waals surface area (Å²) in [4.78, 5) is 33.8. The largest absolute Gasteiger partial charge is 0.481 e. The average Bonchev–Trinajstić information content (AvgIpc) is 3.17. The lowest BCUT2D eigenvalue weighted by atomic mass is 10.0. The fourth-order valence-corrected chi connectivity index (χ4v) is 1.84. The van der Waals surface area contributed by atoms with Gasteiger partial charge in [-0.05, 0) is 25.2 Å². The van der Waals surface area contributed by atoms with Gasteiger partial charge in [0, 0.05) is 25.0 Å². The van der Waals surface area contributed by atoms with Crippen LogP contribution in [0.2, 0.25) is 0 Å². The molecule has 0 radical (unpaired) electrons. The predicted octanol–water partition coefficient (Wildman–Crippen LogP) is 0.844. The van der Waals surface area contributed by atoms with E-state index in [1.807, 2.05) is 13.8 Å². The summed E-state index contributed by atoms with van der Waals surface area (Å²) in [5.41, 5.74) is 0. The number of hydrogen-bond acceptors (Lipinski definition) is 3. The lowest BCUT2D eigenvalue weighted by Gasteiger charge is -2.20. The third kappa shape index (κ3) is 8.16. The van der Waals surface area contributed by atoms with Crippen molar-refractivity contribution >= 4 is 17.9 Å². The average molecular weight is 299 g/mol. The lowest BCUT2D eigenvalue weighted by molar-refractivity contribution is -0.137. The van der Waals surface area contributed by atoms with E-state index in [9.17, 15) is 14.4 Å². The van der Waals surface area contributed by atoms with Gasteiger partial charge in [-0.1, -0.05) is 13.8 Å².